The number of Topliss-reactive ketones (excluding diaryl/α,β-unsaturated/α-hetero) is 1. The van der Waals surface area contributed by atoms with E-state index in [0.29, 0.717) is 0 Å². The molecular weight excluding hydrogens is 96.0 g/mol. The SMILES string of the molecule is N#CC(=O)C(N)=O. The van der Waals surface area contributed by atoms with E-state index in [2.05, 4.69) is 5.73 Å². The summed E-state index contributed by atoms with van der Waals surface area (Å²) in [4.78, 5) is 19.3. The van der Waals surface area contributed by atoms with Crippen molar-refractivity contribution >= 4 is 11.7 Å². The molecule has 0 fully saturated rings. The zero-order valence-corrected chi connectivity index (χ0v) is 3.34. The Bertz CT molecular complexity index is 144. The Morgan fingerprint density at radius 2 is 2.00 bits per heavy atom. The highest BCUT2D eigenvalue weighted by molar-refractivity contribution is 6.41. The number of carbonyl (C=O) groups excluding carboxylic acids is 2. The molecule has 0 bridgehead atoms. The maximum absolute atomic E-state index is 9.68. The molecule has 7 heavy (non-hydrogen) atoms. The molecule has 0 spiro atoms. The molecule has 0 aliphatic heterocycles. The summed E-state index contributed by atoms with van der Waals surface area (Å²) in [5, 5.41) is 7.60. The lowest BCUT2D eigenvalue weighted by Gasteiger charge is -1.71. The van der Waals surface area contributed by atoms with Crippen LogP contribution in [0.15, 0.2) is 0 Å². The third-order valence-electron chi connectivity index (χ3n) is 0.325. The number of nitrogens with two attached hydrogens (primary N) is 1. The Kier molecular flexibility index (Phi) is 1.55. The van der Waals surface area contributed by atoms with Crippen LogP contribution in [0.4, 0.5) is 0 Å². The first kappa shape index (κ1) is 5.63. The first-order chi connectivity index (χ1) is 3.18. The van der Waals surface area contributed by atoms with Crippen LogP contribution in [0.1, 0.15) is 0 Å². The van der Waals surface area contributed by atoms with Crippen LogP contribution < -0.4 is 5.73 Å². The van der Waals surface area contributed by atoms with Crippen molar-refractivity contribution in [2.45, 2.75) is 0 Å². The lowest BCUT2D eigenvalue weighted by atomic mass is 10.4. The lowest BCUT2D eigenvalue weighted by Crippen LogP contribution is -2.20. The lowest BCUT2D eigenvalue weighted by molar-refractivity contribution is -0.132. The molecule has 1 amide bonds. The number of amides is 1. The molecule has 0 aromatic heterocycles. The van der Waals surface area contributed by atoms with Gasteiger partial charge in [0.2, 0.25) is 0 Å². The summed E-state index contributed by atoms with van der Waals surface area (Å²) >= 11 is 0. The molecule has 0 saturated carbocycles. The van der Waals surface area contributed by atoms with Gasteiger partial charge in [-0.25, -0.2) is 0 Å². The minimum atomic E-state index is -1.21. The summed E-state index contributed by atoms with van der Waals surface area (Å²) in [6.45, 7) is 0. The molecule has 0 aromatic carbocycles. The summed E-state index contributed by atoms with van der Waals surface area (Å²) in [7, 11) is 0. The van der Waals surface area contributed by atoms with E-state index in [1.807, 2.05) is 0 Å². The largest absolute Gasteiger partial charge is 0.362 e. The second kappa shape index (κ2) is 1.92. The van der Waals surface area contributed by atoms with E-state index in [1.165, 1.54) is 0 Å². The summed E-state index contributed by atoms with van der Waals surface area (Å²) in [5.41, 5.74) is 4.34. The van der Waals surface area contributed by atoms with Crippen molar-refractivity contribution in [1.82, 2.24) is 0 Å². The number of nitrogens with zero attached hydrogens (tertiary/aromatic N) is 1. The minimum absolute atomic E-state index is 1.05. The third kappa shape index (κ3) is 1.49. The smallest absolute Gasteiger partial charge is 0.318 e. The van der Waals surface area contributed by atoms with Crippen molar-refractivity contribution in [3.8, 4) is 6.07 Å². The van der Waals surface area contributed by atoms with E-state index in [-0.39, 0.29) is 0 Å². The Morgan fingerprint density at radius 3 is 2.00 bits per heavy atom. The molecule has 0 unspecified atom stereocenters. The molecule has 2 N–H and O–H groups in total. The molecule has 36 valence electrons. The van der Waals surface area contributed by atoms with Crippen molar-refractivity contribution in [3.05, 3.63) is 0 Å². The fraction of sp³-hybridized carbons (Fsp3) is 0. The maximum atomic E-state index is 9.68. The van der Waals surface area contributed by atoms with Gasteiger partial charge in [-0.15, -0.1) is 0 Å². The summed E-state index contributed by atoms with van der Waals surface area (Å²) in [6.07, 6.45) is 0. The molecule has 4 nitrogen and oxygen atoms in total. The van der Waals surface area contributed by atoms with Crippen LogP contribution in [0.25, 0.3) is 0 Å². The van der Waals surface area contributed by atoms with Crippen LogP contribution in [0.2, 0.25) is 0 Å². The number of nitriles is 1. The highest BCUT2D eigenvalue weighted by atomic mass is 16.2. The predicted octanol–water partition coefficient (Wildman–Crippen LogP) is -1.44. The number of ketones is 1. The first-order valence-electron chi connectivity index (χ1n) is 1.42. The monoisotopic (exact) mass is 98.0 g/mol. The number of hydrogen-bond acceptors (Lipinski definition) is 3. The molecule has 0 heterocycles. The fourth-order valence-electron chi connectivity index (χ4n) is 0.0551. The van der Waals surface area contributed by atoms with Crippen molar-refractivity contribution in [3.63, 3.8) is 0 Å². The van der Waals surface area contributed by atoms with Gasteiger partial charge in [0.05, 0.1) is 0 Å². The molecular formula is C3H2N2O2. The highest BCUT2D eigenvalue weighted by Gasteiger charge is 2.03. The van der Waals surface area contributed by atoms with Crippen molar-refractivity contribution in [2.24, 2.45) is 5.73 Å². The minimum Gasteiger partial charge on any atom is -0.362 e. The van der Waals surface area contributed by atoms with Gasteiger partial charge in [0.15, 0.2) is 0 Å². The van der Waals surface area contributed by atoms with Gasteiger partial charge >= 0.3 is 5.78 Å². The second-order valence-corrected chi connectivity index (χ2v) is 0.805. The quantitative estimate of drug-likeness (QED) is 0.322. The molecule has 0 radical (unpaired) electrons. The number of rotatable bonds is 1. The Hall–Kier alpha value is -1.37. The van der Waals surface area contributed by atoms with Crippen LogP contribution in [0, 0.1) is 11.3 Å². The van der Waals surface area contributed by atoms with Crippen molar-refractivity contribution in [1.29, 1.82) is 5.26 Å². The van der Waals surface area contributed by atoms with Gasteiger partial charge in [0, 0.05) is 0 Å². The summed E-state index contributed by atoms with van der Waals surface area (Å²) < 4.78 is 0. The molecule has 0 rings (SSSR count). The van der Waals surface area contributed by atoms with Crippen LogP contribution in [-0.2, 0) is 9.59 Å². The summed E-state index contributed by atoms with van der Waals surface area (Å²) in [5.74, 6) is -2.41. The van der Waals surface area contributed by atoms with E-state index < -0.39 is 11.7 Å². The van der Waals surface area contributed by atoms with Gasteiger partial charge in [-0.2, -0.15) is 5.26 Å². The Morgan fingerprint density at radius 1 is 1.57 bits per heavy atom. The maximum Gasteiger partial charge on any atom is 0.318 e. The van der Waals surface area contributed by atoms with Gasteiger partial charge in [0.1, 0.15) is 6.07 Å². The first-order valence-corrected chi connectivity index (χ1v) is 1.42. The van der Waals surface area contributed by atoms with Crippen LogP contribution in [-0.4, -0.2) is 11.7 Å². The molecule has 0 saturated heterocycles. The number of primary amides is 1. The van der Waals surface area contributed by atoms with E-state index in [4.69, 9.17) is 5.26 Å². The van der Waals surface area contributed by atoms with Crippen LogP contribution in [0.3, 0.4) is 0 Å². The molecule has 0 aliphatic rings. The van der Waals surface area contributed by atoms with Crippen LogP contribution in [0.5, 0.6) is 0 Å². The molecule has 0 aromatic rings. The van der Waals surface area contributed by atoms with Gasteiger partial charge in [-0.3, -0.25) is 9.59 Å². The average Bonchev–Trinajstić information content (AvgIpc) is 1.65. The second-order valence-electron chi connectivity index (χ2n) is 0.805. The highest BCUT2D eigenvalue weighted by Crippen LogP contribution is 1.59. The number of hydrogen-bond donors (Lipinski definition) is 1. The standard InChI is InChI=1S/C3H2N2O2/c4-1-2(6)3(5)7/h(H2,5,7). The third-order valence-corrected chi connectivity index (χ3v) is 0.325. The van der Waals surface area contributed by atoms with E-state index >= 15 is 0 Å². The van der Waals surface area contributed by atoms with Gasteiger partial charge < -0.3 is 5.73 Å². The molecule has 0 atom stereocenters. The fourth-order valence-corrected chi connectivity index (χ4v) is 0.0551. The Balaban J connectivity index is 3.90. The van der Waals surface area contributed by atoms with Gasteiger partial charge in [-0.1, -0.05) is 0 Å². The normalized spacial score (nSPS) is 6.71. The van der Waals surface area contributed by atoms with Crippen molar-refractivity contribution in [2.75, 3.05) is 0 Å². The molecule has 4 heteroatoms. The molecule has 0 aliphatic carbocycles. The number of carbonyl (C=O) groups is 2. The Labute approximate surface area is 39.5 Å². The van der Waals surface area contributed by atoms with E-state index in [9.17, 15) is 9.59 Å². The van der Waals surface area contributed by atoms with E-state index in [1.54, 1.807) is 0 Å². The van der Waals surface area contributed by atoms with Gasteiger partial charge in [-0.05, 0) is 0 Å². The summed E-state index contributed by atoms with van der Waals surface area (Å²) in [6, 6.07) is 1.05. The van der Waals surface area contributed by atoms with E-state index in [0.717, 1.165) is 6.07 Å². The zero-order chi connectivity index (χ0) is 5.86. The zero-order valence-electron chi connectivity index (χ0n) is 3.34. The van der Waals surface area contributed by atoms with Crippen LogP contribution >= 0.6 is 0 Å². The van der Waals surface area contributed by atoms with Gasteiger partial charge in [0.25, 0.3) is 5.91 Å². The topological polar surface area (TPSA) is 83.9 Å². The van der Waals surface area contributed by atoms with Crippen molar-refractivity contribution < 1.29 is 9.59 Å². The predicted molar refractivity (Wildman–Crippen MR) is 19.8 cm³/mol. The average molecular weight is 98.1 g/mol.